The Labute approximate surface area is 410 Å². The Morgan fingerprint density at radius 2 is 0.609 bits per heavy atom. The molecule has 0 saturated heterocycles. The van der Waals surface area contributed by atoms with Gasteiger partial charge in [0, 0.05) is 22.7 Å². The van der Waals surface area contributed by atoms with E-state index in [0.29, 0.717) is 0 Å². The Hall–Kier alpha value is -1.73. The summed E-state index contributed by atoms with van der Waals surface area (Å²) < 4.78 is 0. The van der Waals surface area contributed by atoms with E-state index in [2.05, 4.69) is 77.2 Å². The molecule has 3 heteroatoms. The van der Waals surface area contributed by atoms with Crippen LogP contribution < -0.4 is 0 Å². The van der Waals surface area contributed by atoms with Gasteiger partial charge in [0.2, 0.25) is 0 Å². The second-order valence-electron chi connectivity index (χ2n) is 19.8. The number of rotatable bonds is 45. The van der Waals surface area contributed by atoms with E-state index >= 15 is 0 Å². The van der Waals surface area contributed by atoms with Crippen molar-refractivity contribution in [2.24, 2.45) is 9.98 Å². The molecule has 2 aromatic rings. The van der Waals surface area contributed by atoms with Crippen molar-refractivity contribution < 1.29 is 16.5 Å². The third-order valence-electron chi connectivity index (χ3n) is 13.8. The van der Waals surface area contributed by atoms with Crippen LogP contribution in [0.25, 0.3) is 0 Å². The van der Waals surface area contributed by atoms with Crippen LogP contribution in [0.1, 0.15) is 301 Å². The second kappa shape index (κ2) is 45.1. The smallest absolute Gasteiger partial charge is 0.0636 e. The quantitative estimate of drug-likeness (QED) is 0.0359. The minimum atomic E-state index is 0. The van der Waals surface area contributed by atoms with Gasteiger partial charge in [-0.15, -0.1) is 0 Å². The van der Waals surface area contributed by atoms with E-state index in [9.17, 15) is 0 Å². The van der Waals surface area contributed by atoms with E-state index in [1.807, 2.05) is 0 Å². The molecule has 0 aromatic heterocycles. The maximum atomic E-state index is 5.35. The fourth-order valence-corrected chi connectivity index (χ4v) is 9.50. The van der Waals surface area contributed by atoms with Gasteiger partial charge in [0.1, 0.15) is 0 Å². The number of hydrogen-bond donors (Lipinski definition) is 0. The van der Waals surface area contributed by atoms with Gasteiger partial charge in [-0.3, -0.25) is 9.98 Å². The third-order valence-corrected chi connectivity index (χ3v) is 13.8. The zero-order chi connectivity index (χ0) is 45.1. The first-order chi connectivity index (χ1) is 31.1. The number of aliphatic imine (C=N–C) groups is 2. The summed E-state index contributed by atoms with van der Waals surface area (Å²) in [6.07, 6.45) is 59.0. The summed E-state index contributed by atoms with van der Waals surface area (Å²) >= 11 is 0. The molecular weight excluding hydrogens is 819 g/mol. The van der Waals surface area contributed by atoms with Crippen molar-refractivity contribution in [2.75, 3.05) is 0 Å². The van der Waals surface area contributed by atoms with Crippen molar-refractivity contribution in [1.29, 1.82) is 0 Å². The van der Waals surface area contributed by atoms with Crippen molar-refractivity contribution in [2.45, 2.75) is 304 Å². The van der Waals surface area contributed by atoms with Crippen LogP contribution in [-0.2, 0) is 42.2 Å². The van der Waals surface area contributed by atoms with Gasteiger partial charge in [0.05, 0.1) is 17.1 Å². The molecule has 64 heavy (non-hydrogen) atoms. The molecule has 2 rings (SSSR count). The number of hydrogen-bond acceptors (Lipinski definition) is 2. The van der Waals surface area contributed by atoms with Crippen LogP contribution in [-0.4, -0.2) is 11.9 Å². The van der Waals surface area contributed by atoms with Crippen LogP contribution in [0.5, 0.6) is 0 Å². The van der Waals surface area contributed by atoms with Gasteiger partial charge in [-0.25, -0.2) is 0 Å². The van der Waals surface area contributed by atoms with Crippen molar-refractivity contribution >= 4 is 23.3 Å². The molecule has 0 saturated carbocycles. The van der Waals surface area contributed by atoms with E-state index < -0.39 is 0 Å². The van der Waals surface area contributed by atoms with Gasteiger partial charge in [-0.1, -0.05) is 252 Å². The van der Waals surface area contributed by atoms with E-state index in [-0.39, 0.29) is 16.5 Å². The molecule has 0 N–H and O–H groups in total. The van der Waals surface area contributed by atoms with Gasteiger partial charge in [0.25, 0.3) is 0 Å². The average Bonchev–Trinajstić information content (AvgIpc) is 3.29. The molecule has 0 aliphatic heterocycles. The first kappa shape index (κ1) is 60.3. The molecule has 0 spiro atoms. The zero-order valence-corrected chi connectivity index (χ0v) is 44.4. The van der Waals surface area contributed by atoms with Gasteiger partial charge < -0.3 is 0 Å². The predicted molar refractivity (Wildman–Crippen MR) is 287 cm³/mol. The van der Waals surface area contributed by atoms with Crippen molar-refractivity contribution in [1.82, 2.24) is 0 Å². The molecule has 0 radical (unpaired) electrons. The van der Waals surface area contributed by atoms with Crippen molar-refractivity contribution in [3.8, 4) is 0 Å². The van der Waals surface area contributed by atoms with Crippen LogP contribution in [0.15, 0.2) is 46.4 Å². The normalized spacial score (nSPS) is 11.9. The number of benzene rings is 2. The fraction of sp³-hybridized carbons (Fsp3) is 0.770. The van der Waals surface area contributed by atoms with Crippen LogP contribution in [0.4, 0.5) is 11.4 Å². The van der Waals surface area contributed by atoms with Crippen LogP contribution in [0.2, 0.25) is 0 Å². The van der Waals surface area contributed by atoms with E-state index in [1.54, 1.807) is 5.56 Å². The third kappa shape index (κ3) is 32.9. The molecule has 0 unspecified atom stereocenters. The molecular formula is C61H106N2Ni. The molecule has 0 aliphatic carbocycles. The molecule has 0 amide bonds. The van der Waals surface area contributed by atoms with Crippen LogP contribution in [0, 0.1) is 0 Å². The Morgan fingerprint density at radius 1 is 0.328 bits per heavy atom. The van der Waals surface area contributed by atoms with E-state index in [0.717, 1.165) is 23.5 Å². The standard InChI is InChI=1S/C61H106N2.Ni/c1-6-11-16-17-18-19-20-21-22-23-24-25-26-27-28-29-30-31-32-33-34-35-36-37-42-47-61(63-60-51-49-56(44-39-13-8-3)58(53-60)46-41-15-10-5)54-62-59-50-48-55(43-38-12-7-2)57(52-59)45-40-14-9-4;/h48-54H,6-47H2,1-5H3;. The fourth-order valence-electron chi connectivity index (χ4n) is 9.50. The average molecular weight is 926 g/mol. The Kier molecular flexibility index (Phi) is 42.5. The SMILES string of the molecule is CCCCCCCCCCCCCCCCCCCCCCCCCCCC(C=Nc1ccc(CCCCC)c(CCCCC)c1)=Nc1ccc(CCCCC)c(CCCCC)c1.[Ni]. The topological polar surface area (TPSA) is 24.7 Å². The second-order valence-corrected chi connectivity index (χ2v) is 19.8. The summed E-state index contributed by atoms with van der Waals surface area (Å²) in [6.45, 7) is 11.5. The summed E-state index contributed by atoms with van der Waals surface area (Å²) in [6, 6.07) is 14.1. The molecule has 0 aliphatic rings. The number of nitrogens with zero attached hydrogens (tertiary/aromatic N) is 2. The summed E-state index contributed by atoms with van der Waals surface area (Å²) in [4.78, 5) is 10.5. The summed E-state index contributed by atoms with van der Waals surface area (Å²) in [5.41, 5.74) is 9.48. The van der Waals surface area contributed by atoms with Crippen molar-refractivity contribution in [3.05, 3.63) is 58.7 Å². The van der Waals surface area contributed by atoms with Gasteiger partial charge in [-0.05, 0) is 111 Å². The first-order valence-electron chi connectivity index (χ1n) is 28.5. The zero-order valence-electron chi connectivity index (χ0n) is 43.5. The van der Waals surface area contributed by atoms with Gasteiger partial charge in [-0.2, -0.15) is 0 Å². The van der Waals surface area contributed by atoms with E-state index in [4.69, 9.17) is 9.98 Å². The minimum Gasteiger partial charge on any atom is -0.255 e. The van der Waals surface area contributed by atoms with Gasteiger partial charge >= 0.3 is 0 Å². The van der Waals surface area contributed by atoms with Crippen LogP contribution >= 0.6 is 0 Å². The molecule has 0 heterocycles. The summed E-state index contributed by atoms with van der Waals surface area (Å²) in [5, 5.41) is 0. The number of unbranched alkanes of at least 4 members (excludes halogenated alkanes) is 32. The largest absolute Gasteiger partial charge is 0.255 e. The molecule has 370 valence electrons. The van der Waals surface area contributed by atoms with Gasteiger partial charge in [0.15, 0.2) is 0 Å². The molecule has 0 fully saturated rings. The van der Waals surface area contributed by atoms with E-state index in [1.165, 1.54) is 280 Å². The molecule has 0 bridgehead atoms. The first-order valence-corrected chi connectivity index (χ1v) is 28.5. The Balaban J connectivity index is 0.0000205. The predicted octanol–water partition coefficient (Wildman–Crippen LogP) is 21.3. The summed E-state index contributed by atoms with van der Waals surface area (Å²) in [7, 11) is 0. The van der Waals surface area contributed by atoms with Crippen molar-refractivity contribution in [3.63, 3.8) is 0 Å². The Bertz CT molecular complexity index is 1380. The summed E-state index contributed by atoms with van der Waals surface area (Å²) in [5.74, 6) is 0. The maximum Gasteiger partial charge on any atom is 0.0636 e. The molecule has 2 aromatic carbocycles. The van der Waals surface area contributed by atoms with Crippen LogP contribution in [0.3, 0.4) is 0 Å². The molecule has 2 nitrogen and oxygen atoms in total. The monoisotopic (exact) mass is 925 g/mol. The Morgan fingerprint density at radius 3 is 0.969 bits per heavy atom. The minimum absolute atomic E-state index is 0. The number of aryl methyl sites for hydroxylation is 4. The molecule has 0 atom stereocenters. The maximum absolute atomic E-state index is 5.35.